The monoisotopic (exact) mass is 220 g/mol. The maximum atomic E-state index is 11.5. The lowest BCUT2D eigenvalue weighted by Gasteiger charge is -2.20. The molecule has 0 aromatic carbocycles. The molecule has 2 rings (SSSR count). The fourth-order valence-electron chi connectivity index (χ4n) is 2.21. The van der Waals surface area contributed by atoms with Crippen molar-refractivity contribution in [3.8, 4) is 0 Å². The van der Waals surface area contributed by atoms with Crippen LogP contribution in [-0.4, -0.2) is 22.9 Å². The molecule has 0 aliphatic heterocycles. The van der Waals surface area contributed by atoms with E-state index >= 15 is 0 Å². The quantitative estimate of drug-likeness (QED) is 0.570. The lowest BCUT2D eigenvalue weighted by Crippen LogP contribution is -2.25. The number of fused-ring (bicyclic) bond motifs is 1. The molecular weight excluding hydrogens is 204 g/mol. The highest BCUT2D eigenvalue weighted by Crippen LogP contribution is 2.26. The third-order valence-corrected chi connectivity index (χ3v) is 3.07. The third kappa shape index (κ3) is 1.87. The first-order valence-electron chi connectivity index (χ1n) is 5.48. The maximum Gasteiger partial charge on any atom is 0.309 e. The first-order valence-corrected chi connectivity index (χ1v) is 5.48. The van der Waals surface area contributed by atoms with Crippen molar-refractivity contribution in [1.82, 2.24) is 9.78 Å². The molecule has 86 valence electrons. The Labute approximate surface area is 94.9 Å². The summed E-state index contributed by atoms with van der Waals surface area (Å²) in [7, 11) is 1.44. The molecule has 0 saturated heterocycles. The van der Waals surface area contributed by atoms with Crippen molar-refractivity contribution in [3.63, 3.8) is 0 Å². The molecule has 0 spiro atoms. The van der Waals surface area contributed by atoms with Gasteiger partial charge in [0, 0.05) is 12.1 Å². The second-order valence-electron chi connectivity index (χ2n) is 4.05. The molecule has 0 fully saturated rings. The summed E-state index contributed by atoms with van der Waals surface area (Å²) in [5.41, 5.74) is 2.41. The van der Waals surface area contributed by atoms with E-state index in [1.165, 1.54) is 12.7 Å². The van der Waals surface area contributed by atoms with Crippen LogP contribution in [0.1, 0.15) is 17.7 Å². The molecule has 0 amide bonds. The van der Waals surface area contributed by atoms with Crippen LogP contribution in [0.25, 0.3) is 0 Å². The molecule has 0 bridgehead atoms. The fourth-order valence-corrected chi connectivity index (χ4v) is 2.21. The van der Waals surface area contributed by atoms with Crippen molar-refractivity contribution in [2.75, 3.05) is 7.11 Å². The number of rotatable bonds is 3. The summed E-state index contributed by atoms with van der Waals surface area (Å²) in [5, 5.41) is 4.30. The van der Waals surface area contributed by atoms with E-state index in [9.17, 15) is 4.79 Å². The van der Waals surface area contributed by atoms with Gasteiger partial charge in [0.05, 0.1) is 25.8 Å². The number of aromatic nitrogens is 2. The van der Waals surface area contributed by atoms with Gasteiger partial charge in [-0.25, -0.2) is 0 Å². The topological polar surface area (TPSA) is 44.1 Å². The van der Waals surface area contributed by atoms with Gasteiger partial charge in [-0.3, -0.25) is 9.48 Å². The number of carbonyl (C=O) groups excluding carboxylic acids is 1. The molecule has 0 radical (unpaired) electrons. The Morgan fingerprint density at radius 1 is 1.81 bits per heavy atom. The minimum absolute atomic E-state index is 0.0160. The van der Waals surface area contributed by atoms with Crippen LogP contribution < -0.4 is 0 Å². The highest BCUT2D eigenvalue weighted by atomic mass is 16.5. The van der Waals surface area contributed by atoms with E-state index in [-0.39, 0.29) is 11.9 Å². The van der Waals surface area contributed by atoms with Crippen molar-refractivity contribution in [1.29, 1.82) is 0 Å². The molecule has 1 aliphatic carbocycles. The zero-order chi connectivity index (χ0) is 11.5. The molecular formula is C12H16N2O2. The zero-order valence-corrected chi connectivity index (χ0v) is 9.48. The highest BCUT2D eigenvalue weighted by Gasteiger charge is 2.27. The fraction of sp³-hybridized carbons (Fsp3) is 0.500. The second kappa shape index (κ2) is 4.51. The van der Waals surface area contributed by atoms with E-state index in [1.807, 2.05) is 17.0 Å². The standard InChI is InChI=1S/C12H16N2O2/c1-3-6-14-11-7-9(12(15)16-2)4-5-10(11)8-13-14/h3,8-9H,1,4-7H2,2H3. The Morgan fingerprint density at radius 3 is 3.31 bits per heavy atom. The minimum Gasteiger partial charge on any atom is -0.469 e. The number of esters is 1. The zero-order valence-electron chi connectivity index (χ0n) is 9.48. The van der Waals surface area contributed by atoms with Crippen LogP contribution in [-0.2, 0) is 28.9 Å². The van der Waals surface area contributed by atoms with Crippen molar-refractivity contribution >= 4 is 5.97 Å². The Morgan fingerprint density at radius 2 is 2.62 bits per heavy atom. The van der Waals surface area contributed by atoms with E-state index in [0.29, 0.717) is 6.54 Å². The highest BCUT2D eigenvalue weighted by molar-refractivity contribution is 5.73. The van der Waals surface area contributed by atoms with Gasteiger partial charge in [0.1, 0.15) is 0 Å². The molecule has 0 N–H and O–H groups in total. The lowest BCUT2D eigenvalue weighted by molar-refractivity contribution is -0.145. The van der Waals surface area contributed by atoms with Crippen molar-refractivity contribution in [3.05, 3.63) is 30.1 Å². The van der Waals surface area contributed by atoms with Crippen LogP contribution in [0, 0.1) is 5.92 Å². The predicted molar refractivity (Wildman–Crippen MR) is 60.0 cm³/mol. The first-order chi connectivity index (χ1) is 7.76. The summed E-state index contributed by atoms with van der Waals surface area (Å²) in [6.07, 6.45) is 6.21. The summed E-state index contributed by atoms with van der Waals surface area (Å²) < 4.78 is 6.71. The Balaban J connectivity index is 2.20. The number of carbonyl (C=O) groups is 1. The van der Waals surface area contributed by atoms with Crippen LogP contribution in [0.4, 0.5) is 0 Å². The minimum atomic E-state index is -0.114. The summed E-state index contributed by atoms with van der Waals surface area (Å²) in [4.78, 5) is 11.5. The number of hydrogen-bond donors (Lipinski definition) is 0. The van der Waals surface area contributed by atoms with Crippen LogP contribution in [0.2, 0.25) is 0 Å². The smallest absolute Gasteiger partial charge is 0.309 e. The predicted octanol–water partition coefficient (Wildman–Crippen LogP) is 1.35. The van der Waals surface area contributed by atoms with Gasteiger partial charge in [-0.2, -0.15) is 5.10 Å². The van der Waals surface area contributed by atoms with Crippen LogP contribution in [0.3, 0.4) is 0 Å². The van der Waals surface area contributed by atoms with Crippen LogP contribution >= 0.6 is 0 Å². The molecule has 1 atom stereocenters. The van der Waals surface area contributed by atoms with E-state index in [2.05, 4.69) is 11.7 Å². The number of ether oxygens (including phenoxy) is 1. The van der Waals surface area contributed by atoms with Crippen LogP contribution in [0.15, 0.2) is 18.9 Å². The summed E-state index contributed by atoms with van der Waals surface area (Å²) in [6, 6.07) is 0. The van der Waals surface area contributed by atoms with Gasteiger partial charge in [-0.15, -0.1) is 6.58 Å². The first kappa shape index (κ1) is 10.9. The van der Waals surface area contributed by atoms with E-state index < -0.39 is 0 Å². The van der Waals surface area contributed by atoms with Gasteiger partial charge in [0.2, 0.25) is 0 Å². The molecule has 1 aromatic heterocycles. The molecule has 4 nitrogen and oxygen atoms in total. The molecule has 1 aromatic rings. The molecule has 4 heteroatoms. The average Bonchev–Trinajstić information content (AvgIpc) is 2.71. The largest absolute Gasteiger partial charge is 0.469 e. The van der Waals surface area contributed by atoms with Crippen molar-refractivity contribution < 1.29 is 9.53 Å². The second-order valence-corrected chi connectivity index (χ2v) is 4.05. The number of nitrogens with zero attached hydrogens (tertiary/aromatic N) is 2. The summed E-state index contributed by atoms with van der Waals surface area (Å²) in [6.45, 7) is 4.40. The van der Waals surface area contributed by atoms with Crippen molar-refractivity contribution in [2.45, 2.75) is 25.8 Å². The molecule has 16 heavy (non-hydrogen) atoms. The molecule has 1 unspecified atom stereocenters. The SMILES string of the molecule is C=CCn1ncc2c1CC(C(=O)OC)CC2. The number of hydrogen-bond acceptors (Lipinski definition) is 3. The molecule has 1 heterocycles. The van der Waals surface area contributed by atoms with Gasteiger partial charge in [-0.05, 0) is 18.4 Å². The van der Waals surface area contributed by atoms with Gasteiger partial charge in [0.15, 0.2) is 0 Å². The normalized spacial score (nSPS) is 18.9. The van der Waals surface area contributed by atoms with Gasteiger partial charge in [0.25, 0.3) is 0 Å². The summed E-state index contributed by atoms with van der Waals surface area (Å²) >= 11 is 0. The lowest BCUT2D eigenvalue weighted by atomic mass is 9.88. The molecule has 1 aliphatic rings. The Kier molecular flexibility index (Phi) is 3.08. The Bertz CT molecular complexity index is 409. The van der Waals surface area contributed by atoms with Crippen LogP contribution in [0.5, 0.6) is 0 Å². The number of methoxy groups -OCH3 is 1. The van der Waals surface area contributed by atoms with Crippen molar-refractivity contribution in [2.24, 2.45) is 5.92 Å². The molecule has 0 saturated carbocycles. The Hall–Kier alpha value is -1.58. The third-order valence-electron chi connectivity index (χ3n) is 3.07. The van der Waals surface area contributed by atoms with E-state index in [4.69, 9.17) is 4.74 Å². The van der Waals surface area contributed by atoms with E-state index in [0.717, 1.165) is 25.0 Å². The van der Waals surface area contributed by atoms with Gasteiger partial charge >= 0.3 is 5.97 Å². The van der Waals surface area contributed by atoms with Gasteiger partial charge in [-0.1, -0.05) is 6.08 Å². The maximum absolute atomic E-state index is 11.5. The van der Waals surface area contributed by atoms with E-state index in [1.54, 1.807) is 0 Å². The number of allylic oxidation sites excluding steroid dienone is 1. The summed E-state index contributed by atoms with van der Waals surface area (Å²) in [5.74, 6) is -0.130. The van der Waals surface area contributed by atoms with Gasteiger partial charge < -0.3 is 4.74 Å². The number of aryl methyl sites for hydroxylation is 1. The average molecular weight is 220 g/mol.